The molecule has 0 unspecified atom stereocenters. The van der Waals surface area contributed by atoms with Gasteiger partial charge in [0, 0.05) is 0 Å². The van der Waals surface area contributed by atoms with Gasteiger partial charge in [0.15, 0.2) is 9.84 Å². The fourth-order valence-electron chi connectivity index (χ4n) is 2.64. The van der Waals surface area contributed by atoms with Gasteiger partial charge in [0.1, 0.15) is 18.3 Å². The molecule has 2 amide bonds. The first-order valence-electron chi connectivity index (χ1n) is 8.69. The standard InChI is InChI=1S/C20H21N3O5S/c1-28-18-10-6-5-9-16(18)19(24)23-17(20(25)22-12-11-21)14-29(26,27)13-15-7-3-2-4-8-15/h2-10,17H,12-14H2,1H3,(H,22,25)(H,23,24)/t17-/m0/s1. The summed E-state index contributed by atoms with van der Waals surface area (Å²) in [7, 11) is -2.34. The van der Waals surface area contributed by atoms with E-state index >= 15 is 0 Å². The van der Waals surface area contributed by atoms with Crippen molar-refractivity contribution in [2.75, 3.05) is 19.4 Å². The van der Waals surface area contributed by atoms with Crippen molar-refractivity contribution in [3.63, 3.8) is 0 Å². The Kier molecular flexibility index (Phi) is 7.74. The Hall–Kier alpha value is -3.38. The van der Waals surface area contributed by atoms with Crippen LogP contribution in [0.3, 0.4) is 0 Å². The molecule has 2 aromatic rings. The number of methoxy groups -OCH3 is 1. The Morgan fingerprint density at radius 3 is 2.41 bits per heavy atom. The molecule has 0 heterocycles. The quantitative estimate of drug-likeness (QED) is 0.590. The van der Waals surface area contributed by atoms with Crippen molar-refractivity contribution in [3.05, 3.63) is 65.7 Å². The molecule has 0 aliphatic heterocycles. The number of rotatable bonds is 9. The minimum atomic E-state index is -3.74. The molecular formula is C20H21N3O5S. The summed E-state index contributed by atoms with van der Waals surface area (Å²) in [5.74, 6) is -2.02. The number of hydrogen-bond acceptors (Lipinski definition) is 6. The average Bonchev–Trinajstić information content (AvgIpc) is 2.71. The predicted octanol–water partition coefficient (Wildman–Crippen LogP) is 1.05. The van der Waals surface area contributed by atoms with E-state index in [4.69, 9.17) is 10.00 Å². The van der Waals surface area contributed by atoms with Crippen LogP contribution < -0.4 is 15.4 Å². The van der Waals surface area contributed by atoms with Gasteiger partial charge < -0.3 is 15.4 Å². The summed E-state index contributed by atoms with van der Waals surface area (Å²) in [6, 6.07) is 15.3. The average molecular weight is 415 g/mol. The first kappa shape index (κ1) is 21.9. The molecule has 2 N–H and O–H groups in total. The van der Waals surface area contributed by atoms with E-state index in [0.717, 1.165) is 0 Å². The van der Waals surface area contributed by atoms with Gasteiger partial charge in [-0.2, -0.15) is 5.26 Å². The number of nitriles is 1. The summed E-state index contributed by atoms with van der Waals surface area (Å²) in [4.78, 5) is 25.0. The summed E-state index contributed by atoms with van der Waals surface area (Å²) in [5, 5.41) is 13.4. The first-order chi connectivity index (χ1) is 13.9. The number of carbonyl (C=O) groups is 2. The lowest BCUT2D eigenvalue weighted by Crippen LogP contribution is -2.50. The van der Waals surface area contributed by atoms with E-state index in [1.165, 1.54) is 13.2 Å². The minimum Gasteiger partial charge on any atom is -0.496 e. The number of sulfone groups is 1. The van der Waals surface area contributed by atoms with E-state index in [2.05, 4.69) is 10.6 Å². The first-order valence-corrected chi connectivity index (χ1v) is 10.5. The number of ether oxygens (including phenoxy) is 1. The Morgan fingerprint density at radius 2 is 1.76 bits per heavy atom. The lowest BCUT2D eigenvalue weighted by atomic mass is 10.1. The van der Waals surface area contributed by atoms with Crippen LogP contribution in [0.2, 0.25) is 0 Å². The molecule has 0 radical (unpaired) electrons. The molecular weight excluding hydrogens is 394 g/mol. The molecule has 0 saturated heterocycles. The number of hydrogen-bond donors (Lipinski definition) is 2. The minimum absolute atomic E-state index is 0.161. The number of carbonyl (C=O) groups excluding carboxylic acids is 2. The SMILES string of the molecule is COc1ccccc1C(=O)N[C@@H](CS(=O)(=O)Cc1ccccc1)C(=O)NCC#N. The third kappa shape index (κ3) is 6.62. The fraction of sp³-hybridized carbons (Fsp3) is 0.250. The summed E-state index contributed by atoms with van der Waals surface area (Å²) < 4.78 is 30.3. The van der Waals surface area contributed by atoms with Crippen LogP contribution >= 0.6 is 0 Å². The second kappa shape index (κ2) is 10.2. The highest BCUT2D eigenvalue weighted by molar-refractivity contribution is 7.90. The van der Waals surface area contributed by atoms with Gasteiger partial charge in [0.05, 0.1) is 30.2 Å². The van der Waals surface area contributed by atoms with Crippen LogP contribution in [0.1, 0.15) is 15.9 Å². The summed E-state index contributed by atoms with van der Waals surface area (Å²) in [5.41, 5.74) is 0.730. The van der Waals surface area contributed by atoms with Crippen LogP contribution in [0, 0.1) is 11.3 Å². The van der Waals surface area contributed by atoms with Gasteiger partial charge in [-0.3, -0.25) is 9.59 Å². The molecule has 152 valence electrons. The third-order valence-electron chi connectivity index (χ3n) is 3.97. The van der Waals surface area contributed by atoms with Gasteiger partial charge >= 0.3 is 0 Å². The zero-order valence-corrected chi connectivity index (χ0v) is 16.6. The molecule has 8 nitrogen and oxygen atoms in total. The van der Waals surface area contributed by atoms with Gasteiger partial charge in [-0.05, 0) is 17.7 Å². The lowest BCUT2D eigenvalue weighted by molar-refractivity contribution is -0.122. The van der Waals surface area contributed by atoms with Crippen LogP contribution in [0.15, 0.2) is 54.6 Å². The molecule has 0 aromatic heterocycles. The number of benzene rings is 2. The number of para-hydroxylation sites is 1. The van der Waals surface area contributed by atoms with E-state index in [-0.39, 0.29) is 23.6 Å². The third-order valence-corrected chi connectivity index (χ3v) is 5.58. The molecule has 0 saturated carbocycles. The highest BCUT2D eigenvalue weighted by Crippen LogP contribution is 2.17. The topological polar surface area (TPSA) is 125 Å². The van der Waals surface area contributed by atoms with Crippen LogP contribution in [0.5, 0.6) is 5.75 Å². The second-order valence-electron chi connectivity index (χ2n) is 6.14. The predicted molar refractivity (Wildman–Crippen MR) is 107 cm³/mol. The Morgan fingerprint density at radius 1 is 1.10 bits per heavy atom. The van der Waals surface area contributed by atoms with E-state index in [1.54, 1.807) is 54.6 Å². The zero-order valence-electron chi connectivity index (χ0n) is 15.8. The number of nitrogens with zero attached hydrogens (tertiary/aromatic N) is 1. The maximum atomic E-state index is 12.6. The Balaban J connectivity index is 2.21. The van der Waals surface area contributed by atoms with Crippen molar-refractivity contribution in [1.29, 1.82) is 5.26 Å². The van der Waals surface area contributed by atoms with Crippen molar-refractivity contribution in [3.8, 4) is 11.8 Å². The highest BCUT2D eigenvalue weighted by atomic mass is 32.2. The van der Waals surface area contributed by atoms with Gasteiger partial charge in [-0.1, -0.05) is 42.5 Å². The van der Waals surface area contributed by atoms with Gasteiger partial charge in [-0.15, -0.1) is 0 Å². The molecule has 29 heavy (non-hydrogen) atoms. The number of amides is 2. The van der Waals surface area contributed by atoms with Crippen LogP contribution in [-0.4, -0.2) is 45.7 Å². The molecule has 9 heteroatoms. The van der Waals surface area contributed by atoms with Crippen LogP contribution in [-0.2, 0) is 20.4 Å². The Labute approximate surface area is 169 Å². The normalized spacial score (nSPS) is 11.7. The summed E-state index contributed by atoms with van der Waals surface area (Å²) in [6.07, 6.45) is 0. The van der Waals surface area contributed by atoms with E-state index in [0.29, 0.717) is 5.56 Å². The lowest BCUT2D eigenvalue weighted by Gasteiger charge is -2.19. The highest BCUT2D eigenvalue weighted by Gasteiger charge is 2.28. The molecule has 0 aliphatic rings. The molecule has 1 atom stereocenters. The van der Waals surface area contributed by atoms with Crippen molar-refractivity contribution < 1.29 is 22.7 Å². The zero-order chi connectivity index (χ0) is 21.3. The molecule has 2 aromatic carbocycles. The van der Waals surface area contributed by atoms with Gasteiger partial charge in [-0.25, -0.2) is 8.42 Å². The van der Waals surface area contributed by atoms with Crippen molar-refractivity contribution in [1.82, 2.24) is 10.6 Å². The van der Waals surface area contributed by atoms with Crippen molar-refractivity contribution >= 4 is 21.7 Å². The Bertz CT molecular complexity index is 1000. The van der Waals surface area contributed by atoms with Gasteiger partial charge in [0.2, 0.25) is 5.91 Å². The summed E-state index contributed by atoms with van der Waals surface area (Å²) in [6.45, 7) is -0.307. The van der Waals surface area contributed by atoms with E-state index < -0.39 is 33.4 Å². The molecule has 0 aliphatic carbocycles. The number of nitrogens with one attached hydrogen (secondary N) is 2. The molecule has 0 bridgehead atoms. The van der Waals surface area contributed by atoms with Crippen molar-refractivity contribution in [2.45, 2.75) is 11.8 Å². The maximum absolute atomic E-state index is 12.6. The molecule has 2 rings (SSSR count). The smallest absolute Gasteiger partial charge is 0.255 e. The fourth-order valence-corrected chi connectivity index (χ4v) is 4.20. The van der Waals surface area contributed by atoms with Gasteiger partial charge in [0.25, 0.3) is 5.91 Å². The maximum Gasteiger partial charge on any atom is 0.255 e. The monoisotopic (exact) mass is 415 g/mol. The van der Waals surface area contributed by atoms with Crippen LogP contribution in [0.4, 0.5) is 0 Å². The molecule has 0 fully saturated rings. The second-order valence-corrected chi connectivity index (χ2v) is 8.25. The van der Waals surface area contributed by atoms with Crippen LogP contribution in [0.25, 0.3) is 0 Å². The molecule has 0 spiro atoms. The largest absolute Gasteiger partial charge is 0.496 e. The van der Waals surface area contributed by atoms with Crippen molar-refractivity contribution in [2.24, 2.45) is 0 Å². The van der Waals surface area contributed by atoms with E-state index in [1.807, 2.05) is 0 Å². The summed E-state index contributed by atoms with van der Waals surface area (Å²) >= 11 is 0. The van der Waals surface area contributed by atoms with E-state index in [9.17, 15) is 18.0 Å².